The molecule has 0 aliphatic heterocycles. The van der Waals surface area contributed by atoms with Gasteiger partial charge in [0.25, 0.3) is 5.91 Å². The summed E-state index contributed by atoms with van der Waals surface area (Å²) in [6.07, 6.45) is 0.295. The summed E-state index contributed by atoms with van der Waals surface area (Å²) in [6.45, 7) is 3.72. The molecule has 6 nitrogen and oxygen atoms in total. The van der Waals surface area contributed by atoms with Crippen LogP contribution < -0.4 is 16.0 Å². The van der Waals surface area contributed by atoms with Gasteiger partial charge in [0.15, 0.2) is 0 Å². The SMILES string of the molecule is CC(C)NC(=O)Cc1ccc(NC(=O)CNC(=O)c2ccsc2)cc1. The van der Waals surface area contributed by atoms with E-state index in [2.05, 4.69) is 16.0 Å². The fraction of sp³-hybridized carbons (Fsp3) is 0.278. The minimum absolute atomic E-state index is 0.0390. The van der Waals surface area contributed by atoms with Crippen LogP contribution in [0.4, 0.5) is 5.69 Å². The second-order valence-electron chi connectivity index (χ2n) is 5.84. The highest BCUT2D eigenvalue weighted by atomic mass is 32.1. The van der Waals surface area contributed by atoms with Crippen LogP contribution in [0.2, 0.25) is 0 Å². The van der Waals surface area contributed by atoms with Crippen molar-refractivity contribution >= 4 is 34.7 Å². The lowest BCUT2D eigenvalue weighted by molar-refractivity contribution is -0.121. The molecule has 1 aromatic carbocycles. The second-order valence-corrected chi connectivity index (χ2v) is 6.62. The van der Waals surface area contributed by atoms with Crippen molar-refractivity contribution in [3.8, 4) is 0 Å². The molecule has 0 aliphatic carbocycles. The molecule has 2 rings (SSSR count). The topological polar surface area (TPSA) is 87.3 Å². The van der Waals surface area contributed by atoms with Gasteiger partial charge >= 0.3 is 0 Å². The zero-order valence-corrected chi connectivity index (χ0v) is 15.0. The quantitative estimate of drug-likeness (QED) is 0.708. The summed E-state index contributed by atoms with van der Waals surface area (Å²) in [5.41, 5.74) is 2.02. The van der Waals surface area contributed by atoms with Gasteiger partial charge in [-0.2, -0.15) is 11.3 Å². The van der Waals surface area contributed by atoms with E-state index in [9.17, 15) is 14.4 Å². The Bertz CT molecular complexity index is 725. The maximum Gasteiger partial charge on any atom is 0.252 e. The van der Waals surface area contributed by atoms with Crippen molar-refractivity contribution in [2.24, 2.45) is 0 Å². The number of anilines is 1. The average molecular weight is 359 g/mol. The third-order valence-electron chi connectivity index (χ3n) is 3.24. The molecule has 2 aromatic rings. The van der Waals surface area contributed by atoms with Gasteiger partial charge in [-0.3, -0.25) is 14.4 Å². The summed E-state index contributed by atoms with van der Waals surface area (Å²) >= 11 is 1.42. The lowest BCUT2D eigenvalue weighted by Crippen LogP contribution is -2.32. The van der Waals surface area contributed by atoms with Crippen molar-refractivity contribution in [3.63, 3.8) is 0 Å². The molecule has 132 valence electrons. The Hall–Kier alpha value is -2.67. The van der Waals surface area contributed by atoms with Crippen LogP contribution >= 0.6 is 11.3 Å². The number of thiophene rings is 1. The normalized spacial score (nSPS) is 10.4. The monoisotopic (exact) mass is 359 g/mol. The largest absolute Gasteiger partial charge is 0.354 e. The lowest BCUT2D eigenvalue weighted by Gasteiger charge is -2.09. The molecule has 0 saturated heterocycles. The highest BCUT2D eigenvalue weighted by Gasteiger charge is 2.09. The summed E-state index contributed by atoms with van der Waals surface area (Å²) in [4.78, 5) is 35.4. The van der Waals surface area contributed by atoms with Crippen LogP contribution in [0.5, 0.6) is 0 Å². The van der Waals surface area contributed by atoms with Crippen LogP contribution in [0.15, 0.2) is 41.1 Å². The highest BCUT2D eigenvalue weighted by Crippen LogP contribution is 2.10. The van der Waals surface area contributed by atoms with Gasteiger partial charge in [0.05, 0.1) is 13.0 Å². The van der Waals surface area contributed by atoms with Crippen LogP contribution in [-0.4, -0.2) is 30.3 Å². The van der Waals surface area contributed by atoms with Gasteiger partial charge in [0.1, 0.15) is 0 Å². The first-order chi connectivity index (χ1) is 11.9. The zero-order valence-electron chi connectivity index (χ0n) is 14.2. The van der Waals surface area contributed by atoms with E-state index in [0.29, 0.717) is 17.7 Å². The Morgan fingerprint density at radius 1 is 1.04 bits per heavy atom. The molecule has 0 bridgehead atoms. The summed E-state index contributed by atoms with van der Waals surface area (Å²) in [7, 11) is 0. The Morgan fingerprint density at radius 2 is 1.76 bits per heavy atom. The summed E-state index contributed by atoms with van der Waals surface area (Å²) < 4.78 is 0. The molecule has 0 atom stereocenters. The van der Waals surface area contributed by atoms with E-state index >= 15 is 0 Å². The molecule has 0 fully saturated rings. The molecule has 0 saturated carbocycles. The predicted octanol–water partition coefficient (Wildman–Crippen LogP) is 2.18. The predicted molar refractivity (Wildman–Crippen MR) is 98.7 cm³/mol. The van der Waals surface area contributed by atoms with Gasteiger partial charge < -0.3 is 16.0 Å². The van der Waals surface area contributed by atoms with E-state index in [1.165, 1.54) is 11.3 Å². The number of benzene rings is 1. The number of hydrogen-bond donors (Lipinski definition) is 3. The molecule has 3 N–H and O–H groups in total. The number of carbonyl (C=O) groups excluding carboxylic acids is 3. The Morgan fingerprint density at radius 3 is 2.36 bits per heavy atom. The van der Waals surface area contributed by atoms with E-state index in [-0.39, 0.29) is 30.3 Å². The van der Waals surface area contributed by atoms with E-state index < -0.39 is 0 Å². The standard InChI is InChI=1S/C18H21N3O3S/c1-12(2)20-16(22)9-13-3-5-15(6-4-13)21-17(23)10-19-18(24)14-7-8-25-11-14/h3-8,11-12H,9-10H2,1-2H3,(H,19,24)(H,20,22)(H,21,23). The number of rotatable bonds is 7. The van der Waals surface area contributed by atoms with Crippen molar-refractivity contribution in [2.45, 2.75) is 26.3 Å². The number of amides is 3. The molecule has 1 heterocycles. The third-order valence-corrected chi connectivity index (χ3v) is 3.93. The number of carbonyl (C=O) groups is 3. The van der Waals surface area contributed by atoms with Gasteiger partial charge in [0, 0.05) is 22.7 Å². The maximum absolute atomic E-state index is 11.9. The summed E-state index contributed by atoms with van der Waals surface area (Å²) in [5, 5.41) is 11.6. The first kappa shape index (κ1) is 18.7. The van der Waals surface area contributed by atoms with Gasteiger partial charge in [-0.1, -0.05) is 12.1 Å². The first-order valence-electron chi connectivity index (χ1n) is 7.92. The van der Waals surface area contributed by atoms with E-state index in [1.807, 2.05) is 13.8 Å². The van der Waals surface area contributed by atoms with E-state index in [4.69, 9.17) is 0 Å². The maximum atomic E-state index is 11.9. The molecule has 25 heavy (non-hydrogen) atoms. The molecule has 3 amide bonds. The van der Waals surface area contributed by atoms with Crippen molar-refractivity contribution in [1.29, 1.82) is 0 Å². The van der Waals surface area contributed by atoms with Gasteiger partial charge in [-0.15, -0.1) is 0 Å². The molecule has 0 spiro atoms. The van der Waals surface area contributed by atoms with Gasteiger partial charge in [-0.25, -0.2) is 0 Å². The van der Waals surface area contributed by atoms with Crippen LogP contribution in [0, 0.1) is 0 Å². The Kier molecular flexibility index (Phi) is 6.71. The Balaban J connectivity index is 1.79. The minimum atomic E-state index is -0.311. The van der Waals surface area contributed by atoms with E-state index in [0.717, 1.165) is 5.56 Å². The lowest BCUT2D eigenvalue weighted by atomic mass is 10.1. The van der Waals surface area contributed by atoms with E-state index in [1.54, 1.807) is 41.1 Å². The highest BCUT2D eigenvalue weighted by molar-refractivity contribution is 7.08. The average Bonchev–Trinajstić information content (AvgIpc) is 3.08. The summed E-state index contributed by atoms with van der Waals surface area (Å²) in [5.74, 6) is -0.625. The molecule has 7 heteroatoms. The van der Waals surface area contributed by atoms with Crippen LogP contribution in [0.3, 0.4) is 0 Å². The van der Waals surface area contributed by atoms with Crippen LogP contribution in [-0.2, 0) is 16.0 Å². The minimum Gasteiger partial charge on any atom is -0.354 e. The smallest absolute Gasteiger partial charge is 0.252 e. The molecular weight excluding hydrogens is 338 g/mol. The van der Waals surface area contributed by atoms with Gasteiger partial charge in [-0.05, 0) is 43.0 Å². The van der Waals surface area contributed by atoms with Crippen molar-refractivity contribution in [1.82, 2.24) is 10.6 Å². The molecule has 0 unspecified atom stereocenters. The fourth-order valence-electron chi connectivity index (χ4n) is 2.13. The first-order valence-corrected chi connectivity index (χ1v) is 8.87. The van der Waals surface area contributed by atoms with Crippen molar-refractivity contribution in [2.75, 3.05) is 11.9 Å². The number of hydrogen-bond acceptors (Lipinski definition) is 4. The Labute approximate surface area is 150 Å². The zero-order chi connectivity index (χ0) is 18.2. The molecular formula is C18H21N3O3S. The molecule has 0 radical (unpaired) electrons. The van der Waals surface area contributed by atoms with Gasteiger partial charge in [0.2, 0.25) is 11.8 Å². The molecule has 0 aliphatic rings. The van der Waals surface area contributed by atoms with Crippen molar-refractivity contribution < 1.29 is 14.4 Å². The fourth-order valence-corrected chi connectivity index (χ4v) is 2.76. The summed E-state index contributed by atoms with van der Waals surface area (Å²) in [6, 6.07) is 8.85. The number of nitrogens with one attached hydrogen (secondary N) is 3. The second kappa shape index (κ2) is 8.98. The third kappa shape index (κ3) is 6.39. The van der Waals surface area contributed by atoms with Crippen molar-refractivity contribution in [3.05, 3.63) is 52.2 Å². The van der Waals surface area contributed by atoms with Crippen LogP contribution in [0.1, 0.15) is 29.8 Å². The molecule has 1 aromatic heterocycles. The van der Waals surface area contributed by atoms with Crippen LogP contribution in [0.25, 0.3) is 0 Å².